The van der Waals surface area contributed by atoms with Gasteiger partial charge in [0.25, 0.3) is 0 Å². The van der Waals surface area contributed by atoms with E-state index in [0.29, 0.717) is 12.6 Å². The molecule has 2 aliphatic rings. The molecular weight excluding hydrogens is 448 g/mol. The second kappa shape index (κ2) is 11.3. The van der Waals surface area contributed by atoms with Crippen LogP contribution in [0, 0.1) is 0 Å². The van der Waals surface area contributed by atoms with Crippen molar-refractivity contribution in [3.8, 4) is 5.75 Å². The van der Waals surface area contributed by atoms with Crippen molar-refractivity contribution in [3.63, 3.8) is 0 Å². The first-order valence-electron chi connectivity index (χ1n) is 13.5. The molecule has 3 aromatic rings. The lowest BCUT2D eigenvalue weighted by Crippen LogP contribution is -2.34. The minimum atomic E-state index is -0.200. The summed E-state index contributed by atoms with van der Waals surface area (Å²) in [5.74, 6) is 0.641. The Balaban J connectivity index is 1.28. The lowest BCUT2D eigenvalue weighted by atomic mass is 9.99. The molecule has 2 fully saturated rings. The molecule has 0 unspecified atom stereocenters. The predicted octanol–water partition coefficient (Wildman–Crippen LogP) is 6.20. The van der Waals surface area contributed by atoms with E-state index in [9.17, 15) is 4.79 Å². The first-order chi connectivity index (χ1) is 17.6. The van der Waals surface area contributed by atoms with Gasteiger partial charge in [0, 0.05) is 42.5 Å². The van der Waals surface area contributed by atoms with E-state index in [2.05, 4.69) is 77.8 Å². The first-order valence-corrected chi connectivity index (χ1v) is 13.5. The molecule has 0 spiro atoms. The van der Waals surface area contributed by atoms with Gasteiger partial charge in [0.2, 0.25) is 0 Å². The standard InChI is InChI=1S/C31H38N2O3/c1-3-35-31(34)19-24-15-16-26(20-30(24)36-27-11-5-6-12-27)33-18-17-25(21-33)32-22(2)28-14-8-10-23-9-4-7-13-29(23)28/h4,7-10,13-16,20,22,25,27,32H,3,5-6,11-12,17-19,21H2,1-2H3/t22-,25+/m1/s1. The summed E-state index contributed by atoms with van der Waals surface area (Å²) in [5.41, 5.74) is 3.43. The summed E-state index contributed by atoms with van der Waals surface area (Å²) < 4.78 is 11.6. The number of ether oxygens (including phenoxy) is 2. The molecule has 5 nitrogen and oxygen atoms in total. The maximum Gasteiger partial charge on any atom is 0.310 e. The Hall–Kier alpha value is -3.05. The van der Waals surface area contributed by atoms with Crippen molar-refractivity contribution >= 4 is 22.4 Å². The van der Waals surface area contributed by atoms with Crippen molar-refractivity contribution in [2.24, 2.45) is 0 Å². The minimum Gasteiger partial charge on any atom is -0.490 e. The number of hydrogen-bond acceptors (Lipinski definition) is 5. The number of carbonyl (C=O) groups is 1. The summed E-state index contributed by atoms with van der Waals surface area (Å²) in [4.78, 5) is 14.6. The Morgan fingerprint density at radius 1 is 1.06 bits per heavy atom. The fourth-order valence-electron chi connectivity index (χ4n) is 5.75. The van der Waals surface area contributed by atoms with Crippen LogP contribution in [0.5, 0.6) is 5.75 Å². The van der Waals surface area contributed by atoms with Crippen LogP contribution in [0.1, 0.15) is 63.1 Å². The summed E-state index contributed by atoms with van der Waals surface area (Å²) in [7, 11) is 0. The van der Waals surface area contributed by atoms with Crippen LogP contribution in [0.15, 0.2) is 60.7 Å². The first kappa shape index (κ1) is 24.6. The van der Waals surface area contributed by atoms with E-state index < -0.39 is 0 Å². The van der Waals surface area contributed by atoms with Crippen molar-refractivity contribution < 1.29 is 14.3 Å². The molecule has 36 heavy (non-hydrogen) atoms. The lowest BCUT2D eigenvalue weighted by molar-refractivity contribution is -0.142. The summed E-state index contributed by atoms with van der Waals surface area (Å²) in [6.07, 6.45) is 6.20. The third-order valence-corrected chi connectivity index (χ3v) is 7.62. The minimum absolute atomic E-state index is 0.200. The lowest BCUT2D eigenvalue weighted by Gasteiger charge is -2.24. The highest BCUT2D eigenvalue weighted by Gasteiger charge is 2.26. The number of anilines is 1. The molecule has 1 aliphatic carbocycles. The number of rotatable bonds is 9. The van der Waals surface area contributed by atoms with Crippen LogP contribution in [0.2, 0.25) is 0 Å². The molecule has 5 heteroatoms. The van der Waals surface area contributed by atoms with Gasteiger partial charge in [-0.25, -0.2) is 0 Å². The molecule has 0 aromatic heterocycles. The van der Waals surface area contributed by atoms with Crippen LogP contribution in [-0.2, 0) is 16.0 Å². The van der Waals surface area contributed by atoms with Gasteiger partial charge in [0.1, 0.15) is 5.75 Å². The highest BCUT2D eigenvalue weighted by atomic mass is 16.5. The molecule has 0 amide bonds. The Morgan fingerprint density at radius 2 is 1.86 bits per heavy atom. The van der Waals surface area contributed by atoms with E-state index in [0.717, 1.165) is 49.4 Å². The zero-order valence-corrected chi connectivity index (χ0v) is 21.5. The van der Waals surface area contributed by atoms with Gasteiger partial charge in [-0.05, 0) is 68.4 Å². The molecule has 2 atom stereocenters. The van der Waals surface area contributed by atoms with Gasteiger partial charge in [-0.1, -0.05) is 48.5 Å². The smallest absolute Gasteiger partial charge is 0.310 e. The van der Waals surface area contributed by atoms with Gasteiger partial charge in [0.15, 0.2) is 0 Å². The van der Waals surface area contributed by atoms with Gasteiger partial charge >= 0.3 is 5.97 Å². The SMILES string of the molecule is CCOC(=O)Cc1ccc(N2CC[C@H](N[C@H](C)c3cccc4ccccc34)C2)cc1OC1CCCC1. The van der Waals surface area contributed by atoms with Crippen LogP contribution in [0.25, 0.3) is 10.8 Å². The molecule has 0 radical (unpaired) electrons. The molecule has 1 N–H and O–H groups in total. The largest absolute Gasteiger partial charge is 0.490 e. The van der Waals surface area contributed by atoms with Gasteiger partial charge < -0.3 is 19.7 Å². The van der Waals surface area contributed by atoms with E-state index in [1.807, 2.05) is 6.92 Å². The Bertz CT molecular complexity index is 1180. The van der Waals surface area contributed by atoms with E-state index in [-0.39, 0.29) is 24.5 Å². The molecule has 1 saturated heterocycles. The number of benzene rings is 3. The molecule has 1 aliphatic heterocycles. The topological polar surface area (TPSA) is 50.8 Å². The van der Waals surface area contributed by atoms with Crippen molar-refractivity contribution in [3.05, 3.63) is 71.8 Å². The number of fused-ring (bicyclic) bond motifs is 1. The average Bonchev–Trinajstić information content (AvgIpc) is 3.57. The van der Waals surface area contributed by atoms with Gasteiger partial charge in [-0.15, -0.1) is 0 Å². The summed E-state index contributed by atoms with van der Waals surface area (Å²) in [6, 6.07) is 22.2. The predicted molar refractivity (Wildman–Crippen MR) is 146 cm³/mol. The Labute approximate surface area is 214 Å². The normalized spacial score (nSPS) is 19.1. The van der Waals surface area contributed by atoms with Crippen LogP contribution in [0.4, 0.5) is 5.69 Å². The summed E-state index contributed by atoms with van der Waals surface area (Å²) in [5, 5.41) is 6.48. The van der Waals surface area contributed by atoms with Crippen LogP contribution >= 0.6 is 0 Å². The zero-order chi connectivity index (χ0) is 24.9. The summed E-state index contributed by atoms with van der Waals surface area (Å²) >= 11 is 0. The molecular formula is C31H38N2O3. The highest BCUT2D eigenvalue weighted by molar-refractivity contribution is 5.86. The number of esters is 1. The number of nitrogens with zero attached hydrogens (tertiary/aromatic N) is 1. The summed E-state index contributed by atoms with van der Waals surface area (Å²) in [6.45, 7) is 6.46. The second-order valence-electron chi connectivity index (χ2n) is 10.2. The van der Waals surface area contributed by atoms with Crippen molar-refractivity contribution in [2.45, 2.75) is 70.6 Å². The molecule has 0 bridgehead atoms. The van der Waals surface area contributed by atoms with Crippen molar-refractivity contribution in [1.82, 2.24) is 5.32 Å². The van der Waals surface area contributed by atoms with E-state index in [1.165, 1.54) is 29.2 Å². The van der Waals surface area contributed by atoms with Gasteiger partial charge in [-0.3, -0.25) is 4.79 Å². The van der Waals surface area contributed by atoms with Gasteiger partial charge in [-0.2, -0.15) is 0 Å². The van der Waals surface area contributed by atoms with Crippen LogP contribution < -0.4 is 15.0 Å². The quantitative estimate of drug-likeness (QED) is 0.365. The van der Waals surface area contributed by atoms with Crippen molar-refractivity contribution in [1.29, 1.82) is 0 Å². The fourth-order valence-corrected chi connectivity index (χ4v) is 5.75. The maximum absolute atomic E-state index is 12.2. The molecule has 1 saturated carbocycles. The van der Waals surface area contributed by atoms with Crippen LogP contribution in [-0.4, -0.2) is 37.8 Å². The Morgan fingerprint density at radius 3 is 2.69 bits per heavy atom. The zero-order valence-electron chi connectivity index (χ0n) is 21.5. The average molecular weight is 487 g/mol. The number of carbonyl (C=O) groups excluding carboxylic acids is 1. The Kier molecular flexibility index (Phi) is 7.76. The third kappa shape index (κ3) is 5.67. The van der Waals surface area contributed by atoms with Crippen LogP contribution in [0.3, 0.4) is 0 Å². The van der Waals surface area contributed by atoms with E-state index in [4.69, 9.17) is 9.47 Å². The fraction of sp³-hybridized carbons (Fsp3) is 0.452. The molecule has 3 aromatic carbocycles. The molecule has 1 heterocycles. The van der Waals surface area contributed by atoms with Crippen molar-refractivity contribution in [2.75, 3.05) is 24.6 Å². The van der Waals surface area contributed by atoms with Gasteiger partial charge in [0.05, 0.1) is 19.1 Å². The third-order valence-electron chi connectivity index (χ3n) is 7.62. The second-order valence-corrected chi connectivity index (χ2v) is 10.2. The number of hydrogen-bond donors (Lipinski definition) is 1. The number of nitrogens with one attached hydrogen (secondary N) is 1. The maximum atomic E-state index is 12.2. The van der Waals surface area contributed by atoms with E-state index in [1.54, 1.807) is 0 Å². The van der Waals surface area contributed by atoms with E-state index >= 15 is 0 Å². The molecule has 190 valence electrons. The highest BCUT2D eigenvalue weighted by Crippen LogP contribution is 2.33. The molecule has 5 rings (SSSR count). The monoisotopic (exact) mass is 486 g/mol.